The molecule has 0 amide bonds. The van der Waals surface area contributed by atoms with Gasteiger partial charge in [-0.1, -0.05) is 104 Å². The molecule has 8 rings (SSSR count). The molecule has 8 N–H and O–H groups in total. The number of anilines is 4. The molecule has 0 aliphatic rings. The fourth-order valence-corrected chi connectivity index (χ4v) is 12.6. The molecule has 0 aliphatic heterocycles. The maximum Gasteiger partial charge on any atom is 0.185 e. The summed E-state index contributed by atoms with van der Waals surface area (Å²) in [6.45, 7) is 47.8. The van der Waals surface area contributed by atoms with Gasteiger partial charge in [0.25, 0.3) is 0 Å². The molecule has 0 saturated carbocycles. The largest absolute Gasteiger partial charge is 0.507 e. The Bertz CT molecular complexity index is 5010. The molecule has 8 aromatic carbocycles. The molecule has 0 fully saturated rings. The van der Waals surface area contributed by atoms with Crippen molar-refractivity contribution < 1.29 is 58.6 Å². The highest BCUT2D eigenvalue weighted by Crippen LogP contribution is 2.48. The van der Waals surface area contributed by atoms with Gasteiger partial charge in [-0.2, -0.15) is 0 Å². The third-order valence-electron chi connectivity index (χ3n) is 20.5. The molecular formula is C105H132N4O12. The van der Waals surface area contributed by atoms with E-state index in [9.17, 15) is 39.6 Å². The molecule has 0 heterocycles. The number of nitrogens with one attached hydrogen (secondary N) is 4. The first-order valence-corrected chi connectivity index (χ1v) is 41.7. The van der Waals surface area contributed by atoms with E-state index in [4.69, 9.17) is 18.9 Å². The molecule has 0 spiro atoms. The van der Waals surface area contributed by atoms with Crippen LogP contribution in [0.25, 0.3) is 24.3 Å². The molecule has 16 heteroatoms. The SMILES string of the molecule is C=CC(C)(C)c1ccc(OC(C)C)c(C=CC(=O)c2ccc(NC)cc2)c1O.C=CCc1cc(CC=C)c(OC(C)C)c(C=CC(=O)c2ccc(NC)cc2)c1O.CC=CCc1cc(CC=CC)c(OC(C)C)c(C=CC(=O)c2ccc(NC)cc2)c1O.CCC(C)(C)c1cc(C(C)(C)CC)c(OC(C)C)c(C=CC(=O)c2ccc(NC)cc2)c1O. The first kappa shape index (κ1) is 99.3. The van der Waals surface area contributed by atoms with Crippen LogP contribution in [0, 0.1) is 0 Å². The molecule has 0 bridgehead atoms. The van der Waals surface area contributed by atoms with Crippen LogP contribution in [0.3, 0.4) is 0 Å². The minimum absolute atomic E-state index is 0.0606. The lowest BCUT2D eigenvalue weighted by Gasteiger charge is -2.33. The molecule has 0 unspecified atom stereocenters. The normalized spacial score (nSPS) is 11.7. The number of rotatable bonds is 38. The van der Waals surface area contributed by atoms with Gasteiger partial charge in [0.05, 0.1) is 46.7 Å². The lowest BCUT2D eigenvalue weighted by atomic mass is 9.74. The number of ether oxygens (including phenoxy) is 4. The number of carbonyl (C=O) groups excluding carboxylic acids is 4. The van der Waals surface area contributed by atoms with Crippen LogP contribution in [0.4, 0.5) is 22.7 Å². The number of benzene rings is 8. The fraction of sp³-hybridized carbons (Fsp3) is 0.333. The Balaban J connectivity index is 0.000000287. The summed E-state index contributed by atoms with van der Waals surface area (Å²) in [4.78, 5) is 50.8. The highest BCUT2D eigenvalue weighted by molar-refractivity contribution is 6.09. The van der Waals surface area contributed by atoms with Crippen LogP contribution < -0.4 is 40.2 Å². The number of carbonyl (C=O) groups is 4. The zero-order chi connectivity index (χ0) is 90.1. The first-order valence-electron chi connectivity index (χ1n) is 41.7. The molecule has 0 saturated heterocycles. The maximum atomic E-state index is 12.9. The highest BCUT2D eigenvalue weighted by Gasteiger charge is 2.33. The van der Waals surface area contributed by atoms with E-state index < -0.39 is 5.41 Å². The van der Waals surface area contributed by atoms with Crippen molar-refractivity contribution in [3.63, 3.8) is 0 Å². The molecule has 644 valence electrons. The molecule has 16 nitrogen and oxygen atoms in total. The summed E-state index contributed by atoms with van der Waals surface area (Å²) in [5, 5.41) is 56.3. The van der Waals surface area contributed by atoms with Crippen molar-refractivity contribution in [3.8, 4) is 46.0 Å². The fourth-order valence-electron chi connectivity index (χ4n) is 12.6. The first-order chi connectivity index (χ1) is 57.4. The second kappa shape index (κ2) is 47.5. The van der Waals surface area contributed by atoms with Gasteiger partial charge >= 0.3 is 0 Å². The van der Waals surface area contributed by atoms with Crippen LogP contribution >= 0.6 is 0 Å². The predicted molar refractivity (Wildman–Crippen MR) is 508 cm³/mol. The predicted octanol–water partition coefficient (Wildman–Crippen LogP) is 25.0. The third kappa shape index (κ3) is 28.4. The number of phenolic OH excluding ortho intramolecular Hbond substituents is 4. The van der Waals surface area contributed by atoms with E-state index in [0.29, 0.717) is 93.2 Å². The smallest absolute Gasteiger partial charge is 0.185 e. The molecule has 0 atom stereocenters. The van der Waals surface area contributed by atoms with E-state index in [0.717, 1.165) is 74.5 Å². The Morgan fingerprint density at radius 2 is 0.669 bits per heavy atom. The van der Waals surface area contributed by atoms with E-state index >= 15 is 0 Å². The van der Waals surface area contributed by atoms with Crippen LogP contribution in [0.2, 0.25) is 0 Å². The summed E-state index contributed by atoms with van der Waals surface area (Å²) in [6, 6.07) is 38.7. The lowest BCUT2D eigenvalue weighted by Crippen LogP contribution is -2.23. The maximum absolute atomic E-state index is 12.9. The number of aromatic hydroxyl groups is 4. The average molecular weight is 1640 g/mol. The van der Waals surface area contributed by atoms with Crippen LogP contribution in [0.15, 0.2) is 214 Å². The van der Waals surface area contributed by atoms with E-state index in [1.165, 1.54) is 24.3 Å². The zero-order valence-corrected chi connectivity index (χ0v) is 75.5. The van der Waals surface area contributed by atoms with Crippen molar-refractivity contribution in [2.45, 2.75) is 204 Å². The Kier molecular flexibility index (Phi) is 39.0. The summed E-state index contributed by atoms with van der Waals surface area (Å²) in [6.07, 6.45) is 29.8. The zero-order valence-electron chi connectivity index (χ0n) is 75.5. The third-order valence-corrected chi connectivity index (χ3v) is 20.5. The molecular weight excluding hydrogens is 1510 g/mol. The number of ketones is 4. The number of hydrogen-bond acceptors (Lipinski definition) is 16. The summed E-state index contributed by atoms with van der Waals surface area (Å²) in [5.41, 5.74) is 13.4. The Morgan fingerprint density at radius 3 is 0.992 bits per heavy atom. The average Bonchev–Trinajstić information content (AvgIpc) is 0.760. The van der Waals surface area contributed by atoms with E-state index in [1.54, 1.807) is 91.1 Å². The Morgan fingerprint density at radius 1 is 0.372 bits per heavy atom. The van der Waals surface area contributed by atoms with Crippen LogP contribution in [0.5, 0.6) is 46.0 Å². The van der Waals surface area contributed by atoms with Crippen LogP contribution in [-0.4, -0.2) is 96.2 Å². The summed E-state index contributed by atoms with van der Waals surface area (Å²) >= 11 is 0. The minimum Gasteiger partial charge on any atom is -0.507 e. The van der Waals surface area contributed by atoms with Crippen molar-refractivity contribution in [1.29, 1.82) is 0 Å². The summed E-state index contributed by atoms with van der Waals surface area (Å²) in [5.74, 6) is 2.34. The van der Waals surface area contributed by atoms with Gasteiger partial charge in [-0.15, -0.1) is 19.7 Å². The van der Waals surface area contributed by atoms with E-state index in [1.807, 2.05) is 202 Å². The quantitative estimate of drug-likeness (QED) is 0.0102. The monoisotopic (exact) mass is 1640 g/mol. The summed E-state index contributed by atoms with van der Waals surface area (Å²) in [7, 11) is 7.33. The molecule has 0 aromatic heterocycles. The number of hydrogen-bond donors (Lipinski definition) is 8. The van der Waals surface area contributed by atoms with Gasteiger partial charge in [0.2, 0.25) is 0 Å². The highest BCUT2D eigenvalue weighted by atomic mass is 16.5. The number of phenols is 4. The van der Waals surface area contributed by atoms with Gasteiger partial charge in [0.15, 0.2) is 23.1 Å². The molecule has 8 aromatic rings. The second-order valence-corrected chi connectivity index (χ2v) is 32.2. The van der Waals surface area contributed by atoms with Crippen molar-refractivity contribution in [3.05, 3.63) is 297 Å². The van der Waals surface area contributed by atoms with Gasteiger partial charge in [0, 0.05) is 95.3 Å². The molecule has 0 radical (unpaired) electrons. The van der Waals surface area contributed by atoms with Crippen molar-refractivity contribution in [2.75, 3.05) is 49.5 Å². The number of allylic oxidation sites excluding steroid dienone is 11. The van der Waals surface area contributed by atoms with Gasteiger partial charge in [-0.25, -0.2) is 0 Å². The van der Waals surface area contributed by atoms with Gasteiger partial charge < -0.3 is 60.6 Å². The van der Waals surface area contributed by atoms with Crippen molar-refractivity contribution in [1.82, 2.24) is 0 Å². The van der Waals surface area contributed by atoms with Gasteiger partial charge in [0.1, 0.15) is 46.0 Å². The van der Waals surface area contributed by atoms with E-state index in [-0.39, 0.29) is 81.4 Å². The van der Waals surface area contributed by atoms with Crippen LogP contribution in [-0.2, 0) is 41.9 Å². The Labute approximate surface area is 721 Å². The Hall–Kier alpha value is -12.3. The molecule has 121 heavy (non-hydrogen) atoms. The van der Waals surface area contributed by atoms with Gasteiger partial charge in [-0.05, 0) is 311 Å². The van der Waals surface area contributed by atoms with Crippen molar-refractivity contribution >= 4 is 70.2 Å². The second-order valence-electron chi connectivity index (χ2n) is 32.2. The minimum atomic E-state index is -0.421. The molecule has 0 aliphatic carbocycles. The van der Waals surface area contributed by atoms with Gasteiger partial charge in [-0.3, -0.25) is 19.2 Å². The van der Waals surface area contributed by atoms with E-state index in [2.05, 4.69) is 94.7 Å². The van der Waals surface area contributed by atoms with Crippen molar-refractivity contribution in [2.24, 2.45) is 0 Å². The van der Waals surface area contributed by atoms with Crippen LogP contribution in [0.1, 0.15) is 240 Å². The standard InChI is InChI=1S/C29H41NO3.C27H33NO3.C25H29NO3.C24H29NO3/c1-10-28(5,6)23-18-24(29(7,8)11-2)27(33-19(3)4)22(26(23)32)16-17-25(31)20-12-14-21(30-9)15-13-20;1-6-8-10-21-18-22(11-9-7-2)27(31-19(3)4)24(26(21)30)16-17-25(29)20-12-14-23(28-5)15-13-20;1-6-8-19-16-20(9-7-2)25(29-17(3)4)22(24(19)28)14-15-23(27)18-10-12-21(26-5)13-11-18;1-7-24(4,5)20-13-15-22(28-16(2)3)19(23(20)27)12-14-21(26)17-8-10-18(25-6)11-9-17/h12-19,30,32H,10-11H2,1-9H3;6-9,12-19,28,30H,10-11H2,1-5H3;6-7,10-17,26,28H,1-2,8-9H2,3-5H3;7-16,25,27H,1H2,2-6H3. The summed E-state index contributed by atoms with van der Waals surface area (Å²) < 4.78 is 24.2. The lowest BCUT2D eigenvalue weighted by molar-refractivity contribution is 0.103. The topological polar surface area (TPSA) is 234 Å².